The van der Waals surface area contributed by atoms with Crippen LogP contribution in [0.1, 0.15) is 15.9 Å². The van der Waals surface area contributed by atoms with Gasteiger partial charge in [0.25, 0.3) is 5.91 Å². The van der Waals surface area contributed by atoms with E-state index in [-0.39, 0.29) is 17.2 Å². The van der Waals surface area contributed by atoms with Gasteiger partial charge >= 0.3 is 5.97 Å². The number of carbonyl (C=O) groups excluding carboxylic acids is 1. The minimum Gasteiger partial charge on any atom is -0.507 e. The average molecular weight is 366 g/mol. The lowest BCUT2D eigenvalue weighted by atomic mass is 10.2. The fraction of sp³-hybridized carbons (Fsp3) is 0. The SMILES string of the molecule is O=C1NC(=Nc2ccc(O)c(C(=O)O)c2)S/C1=C\C=C/c1ccccc1. The summed E-state index contributed by atoms with van der Waals surface area (Å²) in [6.45, 7) is 0. The van der Waals surface area contributed by atoms with E-state index < -0.39 is 5.97 Å². The molecular formula is C19H14N2O4S. The molecule has 3 N–H and O–H groups in total. The molecular weight excluding hydrogens is 352 g/mol. The van der Waals surface area contributed by atoms with Gasteiger partial charge in [-0.15, -0.1) is 0 Å². The van der Waals surface area contributed by atoms with Crippen LogP contribution in [0.15, 0.2) is 70.6 Å². The number of hydrogen-bond donors (Lipinski definition) is 3. The second kappa shape index (κ2) is 7.71. The van der Waals surface area contributed by atoms with Crippen LogP contribution >= 0.6 is 11.8 Å². The topological polar surface area (TPSA) is 99.0 Å². The van der Waals surface area contributed by atoms with E-state index in [9.17, 15) is 14.7 Å². The summed E-state index contributed by atoms with van der Waals surface area (Å²) >= 11 is 1.16. The van der Waals surface area contributed by atoms with Gasteiger partial charge in [0.15, 0.2) is 5.17 Å². The number of amides is 1. The number of allylic oxidation sites excluding steroid dienone is 2. The smallest absolute Gasteiger partial charge is 0.339 e. The molecule has 0 atom stereocenters. The van der Waals surface area contributed by atoms with Crippen LogP contribution in [-0.4, -0.2) is 27.3 Å². The van der Waals surface area contributed by atoms with Crippen molar-refractivity contribution in [2.45, 2.75) is 0 Å². The number of rotatable bonds is 4. The number of aliphatic imine (C=N–C) groups is 1. The first-order chi connectivity index (χ1) is 12.5. The summed E-state index contributed by atoms with van der Waals surface area (Å²) < 4.78 is 0. The van der Waals surface area contributed by atoms with E-state index in [4.69, 9.17) is 5.11 Å². The van der Waals surface area contributed by atoms with Crippen LogP contribution in [0, 0.1) is 0 Å². The van der Waals surface area contributed by atoms with Crippen molar-refractivity contribution in [2.75, 3.05) is 0 Å². The molecule has 3 rings (SSSR count). The first-order valence-corrected chi connectivity index (χ1v) is 8.42. The molecule has 0 saturated carbocycles. The van der Waals surface area contributed by atoms with Crippen molar-refractivity contribution >= 4 is 40.6 Å². The maximum absolute atomic E-state index is 12.0. The molecule has 1 fully saturated rings. The Kier molecular flexibility index (Phi) is 5.19. The molecule has 0 aromatic heterocycles. The maximum Gasteiger partial charge on any atom is 0.339 e. The van der Waals surface area contributed by atoms with Gasteiger partial charge in [-0.05, 0) is 41.6 Å². The van der Waals surface area contributed by atoms with E-state index in [2.05, 4.69) is 10.3 Å². The number of aromatic carboxylic acids is 1. The number of carboxylic acid groups (broad SMARTS) is 1. The van der Waals surface area contributed by atoms with Gasteiger partial charge in [-0.1, -0.05) is 42.5 Å². The first-order valence-electron chi connectivity index (χ1n) is 7.60. The number of benzene rings is 2. The van der Waals surface area contributed by atoms with E-state index in [0.717, 1.165) is 17.3 Å². The highest BCUT2D eigenvalue weighted by molar-refractivity contribution is 8.18. The zero-order valence-corrected chi connectivity index (χ0v) is 14.2. The van der Waals surface area contributed by atoms with Gasteiger partial charge in [-0.3, -0.25) is 4.79 Å². The summed E-state index contributed by atoms with van der Waals surface area (Å²) in [5.41, 5.74) is 1.10. The molecule has 0 spiro atoms. The van der Waals surface area contributed by atoms with E-state index >= 15 is 0 Å². The lowest BCUT2D eigenvalue weighted by Gasteiger charge is -2.01. The molecule has 0 bridgehead atoms. The summed E-state index contributed by atoms with van der Waals surface area (Å²) in [4.78, 5) is 27.7. The van der Waals surface area contributed by atoms with E-state index in [1.54, 1.807) is 12.2 Å². The first kappa shape index (κ1) is 17.5. The Balaban J connectivity index is 1.76. The highest BCUT2D eigenvalue weighted by Crippen LogP contribution is 2.28. The Hall–Kier alpha value is -3.32. The normalized spacial score (nSPS) is 17.2. The molecule has 2 aromatic rings. The maximum atomic E-state index is 12.0. The molecule has 0 radical (unpaired) electrons. The second-order valence-corrected chi connectivity index (χ2v) is 6.31. The van der Waals surface area contributed by atoms with Gasteiger partial charge in [0, 0.05) is 0 Å². The van der Waals surface area contributed by atoms with Crippen molar-refractivity contribution in [3.05, 3.63) is 76.7 Å². The lowest BCUT2D eigenvalue weighted by Crippen LogP contribution is -2.19. The molecule has 1 saturated heterocycles. The average Bonchev–Trinajstić information content (AvgIpc) is 2.97. The van der Waals surface area contributed by atoms with E-state index in [0.29, 0.717) is 15.8 Å². The van der Waals surface area contributed by atoms with E-state index in [1.807, 2.05) is 36.4 Å². The fourth-order valence-electron chi connectivity index (χ4n) is 2.19. The Morgan fingerprint density at radius 1 is 1.15 bits per heavy atom. The van der Waals surface area contributed by atoms with Crippen LogP contribution < -0.4 is 5.32 Å². The van der Waals surface area contributed by atoms with Gasteiger partial charge in [0.1, 0.15) is 11.3 Å². The van der Waals surface area contributed by atoms with Crippen LogP contribution in [0.25, 0.3) is 6.08 Å². The summed E-state index contributed by atoms with van der Waals surface area (Å²) in [6, 6.07) is 13.7. The molecule has 6 nitrogen and oxygen atoms in total. The van der Waals surface area contributed by atoms with Crippen molar-refractivity contribution in [3.63, 3.8) is 0 Å². The highest BCUT2D eigenvalue weighted by Gasteiger charge is 2.23. The molecule has 0 aliphatic carbocycles. The van der Waals surface area contributed by atoms with E-state index in [1.165, 1.54) is 18.2 Å². The molecule has 0 unspecified atom stereocenters. The van der Waals surface area contributed by atoms with Crippen molar-refractivity contribution in [1.82, 2.24) is 5.32 Å². The molecule has 26 heavy (non-hydrogen) atoms. The van der Waals surface area contributed by atoms with Crippen LogP contribution in [-0.2, 0) is 4.79 Å². The van der Waals surface area contributed by atoms with Crippen molar-refractivity contribution in [2.24, 2.45) is 4.99 Å². The lowest BCUT2D eigenvalue weighted by molar-refractivity contribution is -0.115. The number of nitrogens with one attached hydrogen (secondary N) is 1. The largest absolute Gasteiger partial charge is 0.507 e. The van der Waals surface area contributed by atoms with Crippen molar-refractivity contribution < 1.29 is 19.8 Å². The fourth-order valence-corrected chi connectivity index (χ4v) is 2.98. The number of thioether (sulfide) groups is 1. The standard InChI is InChI=1S/C19H14N2O4S/c22-15-10-9-13(11-14(15)18(24)25)20-19-21-17(23)16(26-19)8-4-7-12-5-2-1-3-6-12/h1-11,22H,(H,24,25)(H,20,21,23)/b7-4-,16-8-. The third-order valence-electron chi connectivity index (χ3n) is 3.43. The second-order valence-electron chi connectivity index (χ2n) is 5.28. The molecule has 1 aliphatic rings. The predicted molar refractivity (Wildman–Crippen MR) is 101 cm³/mol. The minimum atomic E-state index is -1.25. The molecule has 1 amide bonds. The highest BCUT2D eigenvalue weighted by atomic mass is 32.2. The summed E-state index contributed by atoms with van der Waals surface area (Å²) in [5.74, 6) is -1.86. The Morgan fingerprint density at radius 2 is 1.92 bits per heavy atom. The van der Waals surface area contributed by atoms with Crippen LogP contribution in [0.3, 0.4) is 0 Å². The number of hydrogen-bond acceptors (Lipinski definition) is 5. The number of aromatic hydroxyl groups is 1. The van der Waals surface area contributed by atoms with Gasteiger partial charge in [-0.25, -0.2) is 9.79 Å². The molecule has 1 aliphatic heterocycles. The Bertz CT molecular complexity index is 949. The van der Waals surface area contributed by atoms with Gasteiger partial charge in [0.2, 0.25) is 0 Å². The molecule has 2 aromatic carbocycles. The third-order valence-corrected chi connectivity index (χ3v) is 4.36. The zero-order valence-electron chi connectivity index (χ0n) is 13.4. The Labute approximate surface area is 153 Å². The number of carboxylic acids is 1. The minimum absolute atomic E-state index is 0.247. The summed E-state index contributed by atoms with van der Waals surface area (Å²) in [6.07, 6.45) is 5.35. The van der Waals surface area contributed by atoms with Gasteiger partial charge in [0.05, 0.1) is 10.6 Å². The molecule has 1 heterocycles. The summed E-state index contributed by atoms with van der Waals surface area (Å²) in [5, 5.41) is 21.5. The number of phenols is 1. The van der Waals surface area contributed by atoms with Crippen molar-refractivity contribution in [3.8, 4) is 5.75 Å². The predicted octanol–water partition coefficient (Wildman–Crippen LogP) is 3.54. The zero-order chi connectivity index (χ0) is 18.5. The number of amidine groups is 1. The number of nitrogens with zero attached hydrogens (tertiary/aromatic N) is 1. The quantitative estimate of drug-likeness (QED) is 0.719. The van der Waals surface area contributed by atoms with Crippen LogP contribution in [0.2, 0.25) is 0 Å². The molecule has 130 valence electrons. The number of carbonyl (C=O) groups is 2. The van der Waals surface area contributed by atoms with Gasteiger partial charge < -0.3 is 15.5 Å². The van der Waals surface area contributed by atoms with Crippen molar-refractivity contribution in [1.29, 1.82) is 0 Å². The summed E-state index contributed by atoms with van der Waals surface area (Å²) in [7, 11) is 0. The van der Waals surface area contributed by atoms with Crippen LogP contribution in [0.5, 0.6) is 5.75 Å². The third kappa shape index (κ3) is 4.20. The Morgan fingerprint density at radius 3 is 2.65 bits per heavy atom. The van der Waals surface area contributed by atoms with Gasteiger partial charge in [-0.2, -0.15) is 0 Å². The molecule has 7 heteroatoms. The van der Waals surface area contributed by atoms with Crippen LogP contribution in [0.4, 0.5) is 5.69 Å². The monoisotopic (exact) mass is 366 g/mol.